The highest BCUT2D eigenvalue weighted by Crippen LogP contribution is 2.58. The molecule has 0 unspecified atom stereocenters. The van der Waals surface area contributed by atoms with Crippen LogP contribution in [0.15, 0.2) is 35.4 Å². The molecule has 1 aromatic carbocycles. The fourth-order valence-corrected chi connectivity index (χ4v) is 7.05. The van der Waals surface area contributed by atoms with Crippen molar-refractivity contribution in [2.24, 2.45) is 11.3 Å². The van der Waals surface area contributed by atoms with E-state index in [0.29, 0.717) is 28.7 Å². The molecule has 2 aliphatic heterocycles. The summed E-state index contributed by atoms with van der Waals surface area (Å²) in [5.41, 5.74) is 5.49. The maximum absolute atomic E-state index is 12.5. The van der Waals surface area contributed by atoms with Crippen LogP contribution >= 0.6 is 0 Å². The molecule has 3 atom stereocenters. The quantitative estimate of drug-likeness (QED) is 0.535. The molecule has 0 saturated heterocycles. The van der Waals surface area contributed by atoms with Crippen LogP contribution in [0.2, 0.25) is 0 Å². The van der Waals surface area contributed by atoms with Crippen LogP contribution < -0.4 is 5.56 Å². The summed E-state index contributed by atoms with van der Waals surface area (Å²) >= 11 is 0. The molecule has 2 aliphatic carbocycles. The number of aromatic nitrogens is 3. The van der Waals surface area contributed by atoms with Gasteiger partial charge < -0.3 is 9.30 Å². The maximum atomic E-state index is 12.5. The van der Waals surface area contributed by atoms with Gasteiger partial charge in [-0.15, -0.1) is 0 Å². The van der Waals surface area contributed by atoms with Crippen LogP contribution in [0.4, 0.5) is 0 Å². The first-order valence-electron chi connectivity index (χ1n) is 12.5. The first-order valence-corrected chi connectivity index (χ1v) is 12.5. The summed E-state index contributed by atoms with van der Waals surface area (Å²) in [5, 5.41) is 6.55. The lowest BCUT2D eigenvalue weighted by atomic mass is 9.49. The summed E-state index contributed by atoms with van der Waals surface area (Å²) < 4.78 is 7.01. The number of hydrogen-bond acceptors (Lipinski definition) is 4. The molecule has 0 bridgehead atoms. The lowest BCUT2D eigenvalue weighted by molar-refractivity contribution is 0.0117. The number of aryl methyl sites for hydroxylation is 1. The molecule has 0 radical (unpaired) electrons. The van der Waals surface area contributed by atoms with Crippen molar-refractivity contribution >= 4 is 5.97 Å². The molecule has 0 spiro atoms. The zero-order valence-corrected chi connectivity index (χ0v) is 20.9. The van der Waals surface area contributed by atoms with E-state index < -0.39 is 5.97 Å². The number of ether oxygens (including phenoxy) is 1. The van der Waals surface area contributed by atoms with Gasteiger partial charge in [0, 0.05) is 18.9 Å². The molecule has 180 valence electrons. The highest BCUT2D eigenvalue weighted by Gasteiger charge is 2.51. The number of aromatic amines is 1. The fraction of sp³-hybridized carbons (Fsp3) is 0.536. The van der Waals surface area contributed by atoms with Crippen molar-refractivity contribution in [1.82, 2.24) is 14.8 Å². The highest BCUT2D eigenvalue weighted by atomic mass is 16.5. The summed E-state index contributed by atoms with van der Waals surface area (Å²) in [6.07, 6.45) is 9.40. The second kappa shape index (κ2) is 8.10. The minimum Gasteiger partial charge on any atom is -0.465 e. The standard InChI is InChI=1S/C28H35N3O3/c1-17(2)18-7-9-22-19(13-18)8-10-23-27(3,11-6-12-28(22,23)4)16-31-14-20-24(29-30-25(20)32)21(15-31)26(33)34-5/h7,9,13-15,17,23H,6,8,10-12,16H2,1-5H3,(H,30,32)/t23-,27+,28-/m1/s1. The second-order valence-corrected chi connectivity index (χ2v) is 11.2. The molecule has 2 heterocycles. The first-order chi connectivity index (χ1) is 16.2. The van der Waals surface area contributed by atoms with Crippen molar-refractivity contribution < 1.29 is 9.53 Å². The number of rotatable bonds is 4. The molecule has 1 N–H and O–H groups in total. The van der Waals surface area contributed by atoms with Crippen LogP contribution in [0.1, 0.15) is 86.3 Å². The topological polar surface area (TPSA) is 77.0 Å². The van der Waals surface area contributed by atoms with Gasteiger partial charge in [0.05, 0.1) is 12.7 Å². The number of benzene rings is 1. The van der Waals surface area contributed by atoms with Crippen LogP contribution in [0.3, 0.4) is 0 Å². The molecule has 1 saturated carbocycles. The Kier molecular flexibility index (Phi) is 5.45. The van der Waals surface area contributed by atoms with Gasteiger partial charge in [-0.05, 0) is 65.0 Å². The average Bonchev–Trinajstić information content (AvgIpc) is 3.18. The van der Waals surface area contributed by atoms with Crippen LogP contribution in [-0.2, 0) is 23.1 Å². The number of H-pyrrole nitrogens is 1. The lowest BCUT2D eigenvalue weighted by Crippen LogP contribution is -2.50. The largest absolute Gasteiger partial charge is 0.465 e. The zero-order chi connectivity index (χ0) is 24.3. The van der Waals surface area contributed by atoms with Gasteiger partial charge in [0.25, 0.3) is 5.56 Å². The fourth-order valence-electron chi connectivity index (χ4n) is 7.05. The van der Waals surface area contributed by atoms with E-state index in [1.165, 1.54) is 36.6 Å². The van der Waals surface area contributed by atoms with Gasteiger partial charge >= 0.3 is 5.97 Å². The normalized spacial score (nSPS) is 26.4. The molecule has 6 nitrogen and oxygen atoms in total. The van der Waals surface area contributed by atoms with E-state index in [4.69, 9.17) is 4.74 Å². The van der Waals surface area contributed by atoms with Gasteiger partial charge in [0.1, 0.15) is 11.3 Å². The van der Waals surface area contributed by atoms with E-state index in [0.717, 1.165) is 25.8 Å². The number of pyridine rings is 1. The van der Waals surface area contributed by atoms with Gasteiger partial charge in [-0.2, -0.15) is 5.10 Å². The number of nitrogens with zero attached hydrogens (tertiary/aromatic N) is 2. The summed E-state index contributed by atoms with van der Waals surface area (Å²) in [6, 6.07) is 7.16. The second-order valence-electron chi connectivity index (χ2n) is 11.2. The predicted molar refractivity (Wildman–Crippen MR) is 132 cm³/mol. The minimum absolute atomic E-state index is 0.0416. The molecule has 4 aliphatic rings. The Morgan fingerprint density at radius 3 is 2.79 bits per heavy atom. The summed E-state index contributed by atoms with van der Waals surface area (Å²) in [4.78, 5) is 24.8. The summed E-state index contributed by atoms with van der Waals surface area (Å²) in [5.74, 6) is 0.584. The van der Waals surface area contributed by atoms with Gasteiger partial charge in [-0.25, -0.2) is 9.89 Å². The summed E-state index contributed by atoms with van der Waals surface area (Å²) in [6.45, 7) is 10.1. The van der Waals surface area contributed by atoms with Gasteiger partial charge in [0.15, 0.2) is 0 Å². The van der Waals surface area contributed by atoms with Crippen molar-refractivity contribution in [2.75, 3.05) is 7.11 Å². The van der Waals surface area contributed by atoms with Crippen molar-refractivity contribution in [3.63, 3.8) is 0 Å². The zero-order valence-electron chi connectivity index (χ0n) is 20.9. The number of fused-ring (bicyclic) bond motifs is 4. The number of hydrogen-bond donors (Lipinski definition) is 1. The number of esters is 1. The van der Waals surface area contributed by atoms with Crippen molar-refractivity contribution in [3.05, 3.63) is 63.2 Å². The smallest absolute Gasteiger partial charge is 0.341 e. The Hall–Kier alpha value is -2.89. The van der Waals surface area contributed by atoms with E-state index in [2.05, 4.69) is 56.1 Å². The molecule has 0 aromatic heterocycles. The predicted octanol–water partition coefficient (Wildman–Crippen LogP) is 5.30. The molecule has 1 fully saturated rings. The lowest BCUT2D eigenvalue weighted by Gasteiger charge is -2.56. The number of carbonyl (C=O) groups is 1. The first kappa shape index (κ1) is 22.9. The number of nitrogens with one attached hydrogen (secondary N) is 1. The van der Waals surface area contributed by atoms with Crippen molar-refractivity contribution in [3.8, 4) is 11.3 Å². The third-order valence-electron chi connectivity index (χ3n) is 8.73. The third-order valence-corrected chi connectivity index (χ3v) is 8.73. The third kappa shape index (κ3) is 3.50. The summed E-state index contributed by atoms with van der Waals surface area (Å²) in [7, 11) is 1.36. The number of methoxy groups -OCH3 is 1. The highest BCUT2D eigenvalue weighted by molar-refractivity contribution is 5.95. The van der Waals surface area contributed by atoms with E-state index in [1.807, 2.05) is 10.8 Å². The van der Waals surface area contributed by atoms with Gasteiger partial charge in [-0.3, -0.25) is 4.79 Å². The molecule has 6 heteroatoms. The van der Waals surface area contributed by atoms with Crippen LogP contribution in [0, 0.1) is 11.3 Å². The molecular weight excluding hydrogens is 426 g/mol. The van der Waals surface area contributed by atoms with Crippen molar-refractivity contribution in [1.29, 1.82) is 0 Å². The molecule has 34 heavy (non-hydrogen) atoms. The Labute approximate surface area is 201 Å². The Morgan fingerprint density at radius 1 is 1.26 bits per heavy atom. The van der Waals surface area contributed by atoms with Gasteiger partial charge in [-0.1, -0.05) is 52.3 Å². The van der Waals surface area contributed by atoms with E-state index in [1.54, 1.807) is 6.20 Å². The SMILES string of the molecule is COC(=O)c1cn(C[C@]2(C)CCC[C@]3(C)c4ccc(C(C)C)cc4CC[C@H]23)cc2c(=O)[nH]nc1-2. The Morgan fingerprint density at radius 2 is 2.06 bits per heavy atom. The van der Waals surface area contributed by atoms with Crippen LogP contribution in [0.5, 0.6) is 0 Å². The van der Waals surface area contributed by atoms with Crippen LogP contribution in [-0.4, -0.2) is 27.8 Å². The monoisotopic (exact) mass is 461 g/mol. The average molecular weight is 462 g/mol. The molecule has 5 rings (SSSR count). The molecule has 1 aromatic rings. The number of carbonyl (C=O) groups excluding carboxylic acids is 1. The maximum Gasteiger partial charge on any atom is 0.341 e. The van der Waals surface area contributed by atoms with E-state index in [9.17, 15) is 9.59 Å². The van der Waals surface area contributed by atoms with E-state index >= 15 is 0 Å². The van der Waals surface area contributed by atoms with Gasteiger partial charge in [0.2, 0.25) is 0 Å². The Bertz CT molecular complexity index is 1270. The minimum atomic E-state index is -0.475. The molecule has 0 amide bonds. The molecular formula is C28H35N3O3. The Balaban J connectivity index is 1.54. The van der Waals surface area contributed by atoms with Crippen LogP contribution in [0.25, 0.3) is 11.3 Å². The van der Waals surface area contributed by atoms with Crippen molar-refractivity contribution in [2.45, 2.75) is 77.7 Å². The van der Waals surface area contributed by atoms with E-state index in [-0.39, 0.29) is 16.4 Å².